The molecule has 1 atom stereocenters. The number of hydrogen-bond acceptors (Lipinski definition) is 5. The lowest BCUT2D eigenvalue weighted by atomic mass is 10.2. The van der Waals surface area contributed by atoms with Crippen molar-refractivity contribution in [2.24, 2.45) is 0 Å². The number of carbonyl (C=O) groups is 2. The second-order valence-electron chi connectivity index (χ2n) is 3.27. The number of ketones is 1. The number of rotatable bonds is 3. The van der Waals surface area contributed by atoms with Gasteiger partial charge in [-0.2, -0.15) is 0 Å². The van der Waals surface area contributed by atoms with Crippen molar-refractivity contribution in [1.82, 2.24) is 0 Å². The van der Waals surface area contributed by atoms with Gasteiger partial charge in [-0.05, 0) is 12.1 Å². The zero-order valence-electron chi connectivity index (χ0n) is 8.34. The smallest absolute Gasteiger partial charge is 0.371 e. The normalized spacial score (nSPS) is 20.6. The summed E-state index contributed by atoms with van der Waals surface area (Å²) in [6, 6.07) is 2.56. The fourth-order valence-electron chi connectivity index (χ4n) is 1.38. The Balaban J connectivity index is 2.10. The Labute approximate surface area is 90.8 Å². The quantitative estimate of drug-likeness (QED) is 0.758. The van der Waals surface area contributed by atoms with Gasteiger partial charge in [-0.15, -0.1) is 0 Å². The highest BCUT2D eigenvalue weighted by molar-refractivity contribution is 5.98. The van der Waals surface area contributed by atoms with E-state index in [0.29, 0.717) is 13.2 Å². The number of carboxylic acid groups (broad SMARTS) is 1. The number of hydrogen-bond donors (Lipinski definition) is 1. The van der Waals surface area contributed by atoms with Gasteiger partial charge in [0, 0.05) is 0 Å². The lowest BCUT2D eigenvalue weighted by Gasteiger charge is -2.20. The molecular formula is C10H10O6. The Morgan fingerprint density at radius 2 is 2.00 bits per heavy atom. The van der Waals surface area contributed by atoms with Crippen LogP contribution < -0.4 is 0 Å². The number of furan rings is 1. The fourth-order valence-corrected chi connectivity index (χ4v) is 1.38. The van der Waals surface area contributed by atoms with Crippen LogP contribution in [0.2, 0.25) is 0 Å². The molecule has 1 fully saturated rings. The van der Waals surface area contributed by atoms with Crippen molar-refractivity contribution in [3.05, 3.63) is 23.7 Å². The van der Waals surface area contributed by atoms with Crippen LogP contribution in [0.3, 0.4) is 0 Å². The molecule has 1 saturated heterocycles. The van der Waals surface area contributed by atoms with Crippen LogP contribution >= 0.6 is 0 Å². The van der Waals surface area contributed by atoms with Crippen molar-refractivity contribution in [3.8, 4) is 0 Å². The Morgan fingerprint density at radius 3 is 2.56 bits per heavy atom. The standard InChI is InChI=1S/C10H10O6/c11-9(8-5-14-3-4-15-8)6-1-2-7(16-6)10(12)13/h1-2,8H,3-5H2,(H,12,13). The molecule has 0 spiro atoms. The first-order chi connectivity index (χ1) is 7.68. The maximum absolute atomic E-state index is 11.7. The van der Waals surface area contributed by atoms with E-state index in [2.05, 4.69) is 0 Å². The molecule has 2 heterocycles. The molecule has 86 valence electrons. The van der Waals surface area contributed by atoms with E-state index in [1.165, 1.54) is 12.1 Å². The lowest BCUT2D eigenvalue weighted by molar-refractivity contribution is -0.0726. The van der Waals surface area contributed by atoms with Crippen LogP contribution in [0.5, 0.6) is 0 Å². The Kier molecular flexibility index (Phi) is 3.02. The van der Waals surface area contributed by atoms with Crippen molar-refractivity contribution in [3.63, 3.8) is 0 Å². The average Bonchev–Trinajstić information content (AvgIpc) is 2.78. The van der Waals surface area contributed by atoms with Gasteiger partial charge in [-0.25, -0.2) is 4.79 Å². The van der Waals surface area contributed by atoms with Crippen LogP contribution in [-0.4, -0.2) is 42.8 Å². The van der Waals surface area contributed by atoms with Crippen LogP contribution in [0.1, 0.15) is 21.1 Å². The molecule has 1 aliphatic heterocycles. The first kappa shape index (κ1) is 10.8. The van der Waals surface area contributed by atoms with E-state index >= 15 is 0 Å². The number of Topliss-reactive ketones (excluding diaryl/α,β-unsaturated/α-hetero) is 1. The molecule has 0 saturated carbocycles. The number of carbonyl (C=O) groups excluding carboxylic acids is 1. The molecule has 1 N–H and O–H groups in total. The second-order valence-corrected chi connectivity index (χ2v) is 3.27. The van der Waals surface area contributed by atoms with Gasteiger partial charge in [0.25, 0.3) is 0 Å². The van der Waals surface area contributed by atoms with E-state index in [1.807, 2.05) is 0 Å². The monoisotopic (exact) mass is 226 g/mol. The highest BCUT2D eigenvalue weighted by Gasteiger charge is 2.27. The van der Waals surface area contributed by atoms with Gasteiger partial charge < -0.3 is 19.0 Å². The van der Waals surface area contributed by atoms with Gasteiger partial charge in [0.1, 0.15) is 6.10 Å². The van der Waals surface area contributed by atoms with Gasteiger partial charge in [0.05, 0.1) is 19.8 Å². The zero-order valence-corrected chi connectivity index (χ0v) is 8.34. The van der Waals surface area contributed by atoms with Crippen molar-refractivity contribution in [2.45, 2.75) is 6.10 Å². The van der Waals surface area contributed by atoms with Crippen molar-refractivity contribution >= 4 is 11.8 Å². The average molecular weight is 226 g/mol. The summed E-state index contributed by atoms with van der Waals surface area (Å²) in [5.41, 5.74) is 0. The predicted octanol–water partition coefficient (Wildman–Crippen LogP) is 0.576. The summed E-state index contributed by atoms with van der Waals surface area (Å²) in [7, 11) is 0. The first-order valence-corrected chi connectivity index (χ1v) is 4.75. The van der Waals surface area contributed by atoms with Gasteiger partial charge in [-0.3, -0.25) is 4.79 Å². The third-order valence-electron chi connectivity index (χ3n) is 2.17. The molecule has 1 unspecified atom stereocenters. The first-order valence-electron chi connectivity index (χ1n) is 4.75. The zero-order chi connectivity index (χ0) is 11.5. The SMILES string of the molecule is O=C(O)c1ccc(C(=O)C2COCCO2)o1. The largest absolute Gasteiger partial charge is 0.475 e. The summed E-state index contributed by atoms with van der Waals surface area (Å²) in [5, 5.41) is 8.63. The molecule has 16 heavy (non-hydrogen) atoms. The van der Waals surface area contributed by atoms with Crippen molar-refractivity contribution < 1.29 is 28.6 Å². The fraction of sp³-hybridized carbons (Fsp3) is 0.400. The topological polar surface area (TPSA) is 86.0 Å². The van der Waals surface area contributed by atoms with Crippen LogP contribution in [0.25, 0.3) is 0 Å². The van der Waals surface area contributed by atoms with Gasteiger partial charge in [0.2, 0.25) is 11.5 Å². The van der Waals surface area contributed by atoms with Crippen LogP contribution in [0, 0.1) is 0 Å². The van der Waals surface area contributed by atoms with Gasteiger partial charge in [0.15, 0.2) is 5.76 Å². The second kappa shape index (κ2) is 4.46. The molecule has 6 nitrogen and oxygen atoms in total. The van der Waals surface area contributed by atoms with E-state index in [0.717, 1.165) is 0 Å². The van der Waals surface area contributed by atoms with E-state index in [9.17, 15) is 9.59 Å². The molecule has 0 amide bonds. The molecule has 0 aromatic carbocycles. The van der Waals surface area contributed by atoms with E-state index in [1.54, 1.807) is 0 Å². The highest BCUT2D eigenvalue weighted by atomic mass is 16.6. The lowest BCUT2D eigenvalue weighted by Crippen LogP contribution is -2.35. The molecule has 6 heteroatoms. The molecule has 1 aliphatic rings. The number of carboxylic acids is 1. The summed E-state index contributed by atoms with van der Waals surface area (Å²) in [6.07, 6.45) is -0.707. The third kappa shape index (κ3) is 2.12. The van der Waals surface area contributed by atoms with Gasteiger partial charge in [-0.1, -0.05) is 0 Å². The molecule has 0 aliphatic carbocycles. The molecule has 0 bridgehead atoms. The number of aromatic carboxylic acids is 1. The molecular weight excluding hydrogens is 216 g/mol. The van der Waals surface area contributed by atoms with Crippen molar-refractivity contribution in [2.75, 3.05) is 19.8 Å². The Hall–Kier alpha value is -1.66. The summed E-state index contributed by atoms with van der Waals surface area (Å²) >= 11 is 0. The summed E-state index contributed by atoms with van der Waals surface area (Å²) < 4.78 is 15.1. The summed E-state index contributed by atoms with van der Waals surface area (Å²) in [5.74, 6) is -1.89. The summed E-state index contributed by atoms with van der Waals surface area (Å²) in [4.78, 5) is 22.3. The minimum atomic E-state index is -1.21. The summed E-state index contributed by atoms with van der Waals surface area (Å²) in [6.45, 7) is 0.979. The molecule has 1 aromatic heterocycles. The minimum Gasteiger partial charge on any atom is -0.475 e. The minimum absolute atomic E-state index is 0.0205. The van der Waals surface area contributed by atoms with Crippen molar-refractivity contribution in [1.29, 1.82) is 0 Å². The Bertz CT molecular complexity index is 401. The number of ether oxygens (including phenoxy) is 2. The maximum atomic E-state index is 11.7. The maximum Gasteiger partial charge on any atom is 0.371 e. The molecule has 1 aromatic rings. The van der Waals surface area contributed by atoms with E-state index < -0.39 is 17.9 Å². The Morgan fingerprint density at radius 1 is 1.25 bits per heavy atom. The van der Waals surface area contributed by atoms with Gasteiger partial charge >= 0.3 is 5.97 Å². The molecule has 0 radical (unpaired) electrons. The van der Waals surface area contributed by atoms with Crippen LogP contribution in [0.4, 0.5) is 0 Å². The third-order valence-corrected chi connectivity index (χ3v) is 2.17. The van der Waals surface area contributed by atoms with Crippen LogP contribution in [0.15, 0.2) is 16.5 Å². The predicted molar refractivity (Wildman–Crippen MR) is 50.6 cm³/mol. The molecule has 2 rings (SSSR count). The van der Waals surface area contributed by atoms with E-state index in [4.69, 9.17) is 19.0 Å². The van der Waals surface area contributed by atoms with Crippen LogP contribution in [-0.2, 0) is 9.47 Å². The highest BCUT2D eigenvalue weighted by Crippen LogP contribution is 2.13. The van der Waals surface area contributed by atoms with E-state index in [-0.39, 0.29) is 18.1 Å².